The number of ether oxygens (including phenoxy) is 2. The predicted octanol–water partition coefficient (Wildman–Crippen LogP) is 5.37. The van der Waals surface area contributed by atoms with Crippen LogP contribution < -0.4 is 9.64 Å². The van der Waals surface area contributed by atoms with Crippen LogP contribution in [0.2, 0.25) is 0 Å². The number of esters is 1. The van der Waals surface area contributed by atoms with Crippen molar-refractivity contribution in [3.8, 4) is 11.5 Å². The van der Waals surface area contributed by atoms with Crippen molar-refractivity contribution in [3.05, 3.63) is 95.1 Å². The number of hydrogen-bond donors (Lipinski definition) is 2. The van der Waals surface area contributed by atoms with Gasteiger partial charge in [-0.25, -0.2) is 4.79 Å². The minimum atomic E-state index is -0.983. The first-order chi connectivity index (χ1) is 18.2. The number of aliphatic hydroxyl groups excluding tert-OH is 1. The van der Waals surface area contributed by atoms with Crippen molar-refractivity contribution in [2.75, 3.05) is 11.5 Å². The normalized spacial score (nSPS) is 16.6. The molecule has 1 saturated heterocycles. The van der Waals surface area contributed by atoms with Gasteiger partial charge in [-0.2, -0.15) is 0 Å². The SMILES string of the molecule is CCCOC(=O)c1ccc(N2C(=O)C(=O)/C(=C(/O)c3cccc(OC(C)C)c3)C2c2ccc(O)cc2)cc1. The molecular weight excluding hydrogens is 486 g/mol. The summed E-state index contributed by atoms with van der Waals surface area (Å²) in [5, 5.41) is 21.2. The summed E-state index contributed by atoms with van der Waals surface area (Å²) >= 11 is 0. The largest absolute Gasteiger partial charge is 0.508 e. The van der Waals surface area contributed by atoms with Gasteiger partial charge in [0.1, 0.15) is 17.3 Å². The molecule has 3 aromatic rings. The molecule has 1 heterocycles. The van der Waals surface area contributed by atoms with E-state index in [0.717, 1.165) is 0 Å². The number of Topliss-reactive ketones (excluding diaryl/α,β-unsaturated/α-hetero) is 1. The van der Waals surface area contributed by atoms with Crippen LogP contribution in [0.4, 0.5) is 5.69 Å². The molecule has 0 radical (unpaired) electrons. The van der Waals surface area contributed by atoms with Crippen molar-refractivity contribution >= 4 is 29.1 Å². The fourth-order valence-electron chi connectivity index (χ4n) is 4.25. The van der Waals surface area contributed by atoms with Gasteiger partial charge < -0.3 is 19.7 Å². The molecule has 1 fully saturated rings. The van der Waals surface area contributed by atoms with E-state index in [0.29, 0.717) is 41.2 Å². The Morgan fingerprint density at radius 1 is 0.974 bits per heavy atom. The Hall–Kier alpha value is -4.59. The van der Waals surface area contributed by atoms with E-state index in [1.54, 1.807) is 48.5 Å². The Morgan fingerprint density at radius 2 is 1.66 bits per heavy atom. The monoisotopic (exact) mass is 515 g/mol. The summed E-state index contributed by atoms with van der Waals surface area (Å²) in [5.41, 5.74) is 1.38. The third kappa shape index (κ3) is 5.39. The summed E-state index contributed by atoms with van der Waals surface area (Å²) in [7, 11) is 0. The van der Waals surface area contributed by atoms with Crippen LogP contribution in [0.15, 0.2) is 78.4 Å². The lowest BCUT2D eigenvalue weighted by Gasteiger charge is -2.25. The molecule has 2 N–H and O–H groups in total. The van der Waals surface area contributed by atoms with Crippen molar-refractivity contribution in [1.29, 1.82) is 0 Å². The Kier molecular flexibility index (Phi) is 7.81. The lowest BCUT2D eigenvalue weighted by Crippen LogP contribution is -2.29. The third-order valence-electron chi connectivity index (χ3n) is 5.95. The summed E-state index contributed by atoms with van der Waals surface area (Å²) in [5.74, 6) is -2.01. The number of aliphatic hydroxyl groups is 1. The molecule has 0 spiro atoms. The number of ketones is 1. The van der Waals surface area contributed by atoms with E-state index in [9.17, 15) is 24.6 Å². The van der Waals surface area contributed by atoms with Crippen molar-refractivity contribution in [3.63, 3.8) is 0 Å². The van der Waals surface area contributed by atoms with Crippen LogP contribution in [0, 0.1) is 0 Å². The van der Waals surface area contributed by atoms with Crippen molar-refractivity contribution in [2.24, 2.45) is 0 Å². The highest BCUT2D eigenvalue weighted by atomic mass is 16.5. The first-order valence-electron chi connectivity index (χ1n) is 12.4. The van der Waals surface area contributed by atoms with Crippen LogP contribution in [-0.2, 0) is 14.3 Å². The van der Waals surface area contributed by atoms with Gasteiger partial charge in [-0.05, 0) is 74.4 Å². The molecule has 0 aliphatic carbocycles. The minimum Gasteiger partial charge on any atom is -0.508 e. The van der Waals surface area contributed by atoms with Crippen LogP contribution in [0.25, 0.3) is 5.76 Å². The summed E-state index contributed by atoms with van der Waals surface area (Å²) in [6, 6.07) is 17.9. The fourth-order valence-corrected chi connectivity index (χ4v) is 4.25. The molecular formula is C30H29NO7. The maximum absolute atomic E-state index is 13.3. The lowest BCUT2D eigenvalue weighted by molar-refractivity contribution is -0.132. The molecule has 38 heavy (non-hydrogen) atoms. The average Bonchev–Trinajstić information content (AvgIpc) is 3.17. The first kappa shape index (κ1) is 26.5. The number of anilines is 1. The van der Waals surface area contributed by atoms with E-state index in [-0.39, 0.29) is 23.2 Å². The summed E-state index contributed by atoms with van der Waals surface area (Å²) in [6.07, 6.45) is 0.588. The van der Waals surface area contributed by atoms with Gasteiger partial charge in [0.05, 0.1) is 29.9 Å². The Balaban J connectivity index is 1.81. The second-order valence-corrected chi connectivity index (χ2v) is 9.14. The number of rotatable bonds is 8. The van der Waals surface area contributed by atoms with E-state index in [1.807, 2.05) is 20.8 Å². The molecule has 8 heteroatoms. The van der Waals surface area contributed by atoms with Gasteiger partial charge in [0.2, 0.25) is 0 Å². The lowest BCUT2D eigenvalue weighted by atomic mass is 9.95. The van der Waals surface area contributed by atoms with Crippen LogP contribution in [0.5, 0.6) is 11.5 Å². The van der Waals surface area contributed by atoms with Crippen molar-refractivity contribution < 1.29 is 34.1 Å². The number of nitrogens with zero attached hydrogens (tertiary/aromatic N) is 1. The zero-order valence-electron chi connectivity index (χ0n) is 21.4. The maximum Gasteiger partial charge on any atom is 0.338 e. The van der Waals surface area contributed by atoms with E-state index in [1.165, 1.54) is 29.2 Å². The number of phenols is 1. The van der Waals surface area contributed by atoms with Gasteiger partial charge >= 0.3 is 5.97 Å². The standard InChI is InChI=1S/C30H29NO7/c1-4-16-37-30(36)20-8-12-22(13-9-20)31-26(19-10-14-23(32)15-11-19)25(28(34)29(31)35)27(33)21-6-5-7-24(17-21)38-18(2)3/h5-15,17-18,26,32-33H,4,16H2,1-3H3/b27-25+. The molecule has 196 valence electrons. The second kappa shape index (κ2) is 11.2. The number of benzene rings is 3. The molecule has 1 aliphatic rings. The number of phenolic OH excluding ortho intramolecular Hbond substituents is 1. The molecule has 0 aromatic heterocycles. The van der Waals surface area contributed by atoms with Crippen LogP contribution in [0.1, 0.15) is 54.7 Å². The van der Waals surface area contributed by atoms with Crippen LogP contribution >= 0.6 is 0 Å². The van der Waals surface area contributed by atoms with Crippen molar-refractivity contribution in [1.82, 2.24) is 0 Å². The molecule has 1 unspecified atom stereocenters. The smallest absolute Gasteiger partial charge is 0.338 e. The summed E-state index contributed by atoms with van der Waals surface area (Å²) in [4.78, 5) is 40.2. The Bertz CT molecular complexity index is 1370. The average molecular weight is 516 g/mol. The fraction of sp³-hybridized carbons (Fsp3) is 0.233. The van der Waals surface area contributed by atoms with E-state index >= 15 is 0 Å². The molecule has 0 saturated carbocycles. The first-order valence-corrected chi connectivity index (χ1v) is 12.4. The van der Waals surface area contributed by atoms with Crippen LogP contribution in [0.3, 0.4) is 0 Å². The molecule has 3 aromatic carbocycles. The van der Waals surface area contributed by atoms with E-state index in [4.69, 9.17) is 9.47 Å². The zero-order valence-corrected chi connectivity index (χ0v) is 21.4. The minimum absolute atomic E-state index is 0.0131. The summed E-state index contributed by atoms with van der Waals surface area (Å²) < 4.78 is 10.9. The summed E-state index contributed by atoms with van der Waals surface area (Å²) in [6.45, 7) is 5.93. The number of carbonyl (C=O) groups excluding carboxylic acids is 3. The van der Waals surface area contributed by atoms with Gasteiger partial charge in [0, 0.05) is 11.3 Å². The van der Waals surface area contributed by atoms with E-state index in [2.05, 4.69) is 0 Å². The highest BCUT2D eigenvalue weighted by Crippen LogP contribution is 2.42. The van der Waals surface area contributed by atoms with E-state index < -0.39 is 23.7 Å². The molecule has 1 amide bonds. The van der Waals surface area contributed by atoms with Crippen molar-refractivity contribution in [2.45, 2.75) is 39.3 Å². The number of aromatic hydroxyl groups is 1. The Morgan fingerprint density at radius 3 is 2.29 bits per heavy atom. The highest BCUT2D eigenvalue weighted by molar-refractivity contribution is 6.51. The predicted molar refractivity (Wildman–Crippen MR) is 142 cm³/mol. The molecule has 0 bridgehead atoms. The van der Waals surface area contributed by atoms with Gasteiger partial charge in [-0.15, -0.1) is 0 Å². The Labute approximate surface area is 220 Å². The number of amides is 1. The van der Waals surface area contributed by atoms with Gasteiger partial charge in [0.25, 0.3) is 11.7 Å². The maximum atomic E-state index is 13.3. The molecule has 4 rings (SSSR count). The third-order valence-corrected chi connectivity index (χ3v) is 5.95. The second-order valence-electron chi connectivity index (χ2n) is 9.14. The molecule has 8 nitrogen and oxygen atoms in total. The molecule has 1 atom stereocenters. The zero-order chi connectivity index (χ0) is 27.4. The number of carbonyl (C=O) groups is 3. The topological polar surface area (TPSA) is 113 Å². The van der Waals surface area contributed by atoms with Crippen LogP contribution in [-0.4, -0.2) is 40.6 Å². The number of hydrogen-bond acceptors (Lipinski definition) is 7. The quantitative estimate of drug-likeness (QED) is 0.179. The van der Waals surface area contributed by atoms with Gasteiger partial charge in [0.15, 0.2) is 0 Å². The van der Waals surface area contributed by atoms with Gasteiger partial charge in [-0.1, -0.05) is 31.2 Å². The molecule has 1 aliphatic heterocycles. The highest BCUT2D eigenvalue weighted by Gasteiger charge is 2.47. The van der Waals surface area contributed by atoms with Gasteiger partial charge in [-0.3, -0.25) is 14.5 Å².